The number of urea groups is 1. The first-order valence-corrected chi connectivity index (χ1v) is 19.7. The molecule has 1 aromatic heterocycles. The normalized spacial score (nSPS) is 22.1. The molecule has 18 nitrogen and oxygen atoms in total. The fraction of sp³-hybridized carbons (Fsp3) is 0.429. The van der Waals surface area contributed by atoms with E-state index < -0.39 is 52.7 Å². The number of benzene rings is 1. The Kier molecular flexibility index (Phi) is 12.3. The van der Waals surface area contributed by atoms with Gasteiger partial charge in [0.15, 0.2) is 0 Å². The van der Waals surface area contributed by atoms with Crippen LogP contribution in [0, 0.1) is 0 Å². The number of piperazine rings is 2. The molecule has 0 spiro atoms. The molecule has 0 unspecified atom stereocenters. The van der Waals surface area contributed by atoms with Crippen molar-refractivity contribution in [3.05, 3.63) is 71.7 Å². The summed E-state index contributed by atoms with van der Waals surface area (Å²) >= 11 is 2.51. The highest BCUT2D eigenvalue weighted by Gasteiger charge is 2.65. The number of nitrogens with one attached hydrogen (secondary N) is 3. The second kappa shape index (κ2) is 17.1. The molecule has 0 radical (unpaired) electrons. The monoisotopic (exact) mass is 795 g/mol. The molecule has 3 fully saturated rings. The minimum absolute atomic E-state index is 0.107. The molecule has 0 bridgehead atoms. The number of aliphatic hydroxyl groups excluding tert-OH is 1. The Bertz CT molecular complexity index is 1860. The van der Waals surface area contributed by atoms with Crippen LogP contribution < -0.4 is 30.7 Å². The molecule has 4 aliphatic rings. The molecule has 292 valence electrons. The summed E-state index contributed by atoms with van der Waals surface area (Å²) in [5, 5.41) is 30.3. The van der Waals surface area contributed by atoms with E-state index in [1.54, 1.807) is 25.1 Å². The van der Waals surface area contributed by atoms with Crippen LogP contribution in [0.15, 0.2) is 71.0 Å². The van der Waals surface area contributed by atoms with Crippen LogP contribution in [0.3, 0.4) is 0 Å². The minimum atomic E-state index is -2.09. The molecule has 7 amide bonds. The first-order chi connectivity index (χ1) is 26.5. The number of hydrogen-bond acceptors (Lipinski definition) is 13. The van der Waals surface area contributed by atoms with Gasteiger partial charge in [0.1, 0.15) is 11.4 Å². The summed E-state index contributed by atoms with van der Waals surface area (Å²) in [5.74, 6) is -5.04. The van der Waals surface area contributed by atoms with Crippen LogP contribution >= 0.6 is 23.5 Å². The molecular formula is C35H41N9O9S2. The van der Waals surface area contributed by atoms with Crippen LogP contribution in [0.4, 0.5) is 4.79 Å². The van der Waals surface area contributed by atoms with Crippen molar-refractivity contribution in [2.24, 2.45) is 0 Å². The van der Waals surface area contributed by atoms with E-state index in [1.165, 1.54) is 28.8 Å². The number of β-lactam (4-membered cyclic amide) rings is 1. The van der Waals surface area contributed by atoms with E-state index in [2.05, 4.69) is 25.9 Å². The molecular weight excluding hydrogens is 755 g/mol. The first kappa shape index (κ1) is 39.5. The van der Waals surface area contributed by atoms with Crippen molar-refractivity contribution in [1.82, 2.24) is 35.6 Å². The van der Waals surface area contributed by atoms with Crippen LogP contribution in [0.25, 0.3) is 0 Å². The molecule has 4 N–H and O–H groups in total. The number of carbonyl (C=O) groups is 7. The number of aromatic nitrogens is 1. The second-order valence-corrected chi connectivity index (χ2v) is 15.1. The second-order valence-electron chi connectivity index (χ2n) is 13.0. The lowest BCUT2D eigenvalue weighted by Gasteiger charge is -2.57. The number of aliphatic hydroxyl groups is 1. The maximum atomic E-state index is 14.0. The van der Waals surface area contributed by atoms with Crippen LogP contribution in [0.5, 0.6) is 0 Å². The Balaban J connectivity index is 1.16. The smallest absolute Gasteiger partial charge is 0.325 e. The van der Waals surface area contributed by atoms with E-state index >= 15 is 0 Å². The van der Waals surface area contributed by atoms with Crippen LogP contribution in [-0.2, 0) is 28.8 Å². The fourth-order valence-corrected chi connectivity index (χ4v) is 9.32. The van der Waals surface area contributed by atoms with Gasteiger partial charge in [-0.2, -0.15) is 5.01 Å². The predicted octanol–water partition coefficient (Wildman–Crippen LogP) is -3.07. The Hall–Kier alpha value is -5.18. The van der Waals surface area contributed by atoms with Crippen LogP contribution in [0.2, 0.25) is 0 Å². The summed E-state index contributed by atoms with van der Waals surface area (Å²) in [6.07, 6.45) is 4.05. The molecule has 0 saturated carbocycles. The third kappa shape index (κ3) is 7.98. The van der Waals surface area contributed by atoms with Crippen LogP contribution in [-0.4, -0.2) is 148 Å². The number of amides is 7. The van der Waals surface area contributed by atoms with Gasteiger partial charge < -0.3 is 35.9 Å². The van der Waals surface area contributed by atoms with Crippen LogP contribution in [0.1, 0.15) is 18.5 Å². The Morgan fingerprint density at radius 3 is 2.38 bits per heavy atom. The van der Waals surface area contributed by atoms with Crippen molar-refractivity contribution >= 4 is 65.6 Å². The van der Waals surface area contributed by atoms with Crippen molar-refractivity contribution in [3.63, 3.8) is 0 Å². The number of fused-ring (bicyclic) bond motifs is 1. The topological polar surface area (TPSA) is 219 Å². The van der Waals surface area contributed by atoms with Gasteiger partial charge in [0.2, 0.25) is 30.4 Å². The zero-order valence-corrected chi connectivity index (χ0v) is 31.6. The van der Waals surface area contributed by atoms with Gasteiger partial charge >= 0.3 is 17.8 Å². The summed E-state index contributed by atoms with van der Waals surface area (Å²) in [4.78, 5) is 97.0. The maximum Gasteiger partial charge on any atom is 0.325 e. The number of carboxylic acid groups (broad SMARTS) is 1. The molecule has 4 aliphatic heterocycles. The maximum absolute atomic E-state index is 14.0. The van der Waals surface area contributed by atoms with Gasteiger partial charge in [0.25, 0.3) is 5.91 Å². The highest BCUT2D eigenvalue weighted by atomic mass is 32.2. The average Bonchev–Trinajstić information content (AvgIpc) is 3.20. The zero-order chi connectivity index (χ0) is 39.3. The lowest BCUT2D eigenvalue weighted by molar-refractivity contribution is -0.694. The van der Waals surface area contributed by atoms with E-state index in [-0.39, 0.29) is 55.4 Å². The Labute approximate surface area is 324 Å². The molecule has 3 atom stereocenters. The van der Waals surface area contributed by atoms with Crippen molar-refractivity contribution in [2.75, 3.05) is 75.5 Å². The summed E-state index contributed by atoms with van der Waals surface area (Å²) in [6.45, 7) is 5.99. The summed E-state index contributed by atoms with van der Waals surface area (Å²) in [6, 6.07) is 9.26. The lowest BCUT2D eigenvalue weighted by Crippen LogP contribution is -2.85. The molecule has 20 heteroatoms. The summed E-state index contributed by atoms with van der Waals surface area (Å²) < 4.78 is 1.99. The quantitative estimate of drug-likeness (QED) is 0.0373. The SMILES string of the molecule is CCN1CCN(C(=O)N[C@@H](C(=O)N[C@]2(NC=O)C(=O)N3C(C(=O)[O-])=C(CSc4cc[n+](N5CCN(CCO)CC5)cc4)CS[C@@H]32)c2ccccc2)C(=O)C1=O. The van der Waals surface area contributed by atoms with Crippen molar-refractivity contribution in [1.29, 1.82) is 0 Å². The number of β-amino-alcohol motifs (C(OH)–C–C–N with tert-alkyl or cyclic N) is 1. The molecule has 1 aromatic carbocycles. The number of aliphatic carboxylic acids is 1. The molecule has 6 rings (SSSR count). The first-order valence-electron chi connectivity index (χ1n) is 17.6. The third-order valence-corrected chi connectivity index (χ3v) is 12.3. The predicted molar refractivity (Wildman–Crippen MR) is 196 cm³/mol. The number of nitrogens with zero attached hydrogens (tertiary/aromatic N) is 6. The van der Waals surface area contributed by atoms with Gasteiger partial charge in [0, 0.05) is 67.8 Å². The van der Waals surface area contributed by atoms with E-state index in [9.17, 15) is 43.8 Å². The molecule has 2 aromatic rings. The summed E-state index contributed by atoms with van der Waals surface area (Å²) in [7, 11) is 0. The number of carbonyl (C=O) groups excluding carboxylic acids is 7. The van der Waals surface area contributed by atoms with Gasteiger partial charge in [-0.25, -0.2) is 4.79 Å². The third-order valence-electron chi connectivity index (χ3n) is 9.84. The number of likely N-dealkylation sites (N-methyl/N-ethyl adjacent to an activating group) is 1. The standard InChI is InChI=1S/C35H41N9O9S2/c1-2-40-14-17-43(30(49)29(40)48)34(53)37-26(23-6-4-3-5-7-23)28(47)38-35(36-22-46)32(52)44-27(31(50)51)24(21-55-33(35)44)20-54-25-8-10-41(11-9-25)42-15-12-39(13-16-42)18-19-45/h3-11,22,26,33,45H,2,12-21H2,1H3,(H3-,36,37,38,46,47,50,51,53)/t26-,33-,35-/m1/s1. The van der Waals surface area contributed by atoms with Gasteiger partial charge in [-0.3, -0.25) is 38.7 Å². The van der Waals surface area contributed by atoms with Gasteiger partial charge in [-0.05, 0) is 18.1 Å². The number of pyridine rings is 1. The van der Waals surface area contributed by atoms with E-state index in [0.717, 1.165) is 47.7 Å². The lowest BCUT2D eigenvalue weighted by atomic mass is 9.94. The van der Waals surface area contributed by atoms with Crippen molar-refractivity contribution in [2.45, 2.75) is 28.9 Å². The summed E-state index contributed by atoms with van der Waals surface area (Å²) in [5.41, 5.74) is -1.76. The fourth-order valence-electron chi connectivity index (χ4n) is 6.87. The Morgan fingerprint density at radius 1 is 1.04 bits per heavy atom. The number of thioether (sulfide) groups is 2. The average molecular weight is 796 g/mol. The molecule has 55 heavy (non-hydrogen) atoms. The molecule has 0 aliphatic carbocycles. The largest absolute Gasteiger partial charge is 0.543 e. The number of imide groups is 1. The van der Waals surface area contributed by atoms with Crippen molar-refractivity contribution in [3.8, 4) is 0 Å². The minimum Gasteiger partial charge on any atom is -0.543 e. The van der Waals surface area contributed by atoms with Gasteiger partial charge in [-0.15, -0.1) is 23.5 Å². The van der Waals surface area contributed by atoms with Crippen molar-refractivity contribution < 1.29 is 48.5 Å². The van der Waals surface area contributed by atoms with Gasteiger partial charge in [0.05, 0.1) is 31.4 Å². The van der Waals surface area contributed by atoms with E-state index in [1.807, 2.05) is 29.2 Å². The van der Waals surface area contributed by atoms with E-state index in [4.69, 9.17) is 0 Å². The molecule has 3 saturated heterocycles. The Morgan fingerprint density at radius 2 is 1.75 bits per heavy atom. The number of rotatable bonds is 14. The number of hydrogen-bond donors (Lipinski definition) is 4. The molecule has 5 heterocycles. The van der Waals surface area contributed by atoms with E-state index in [0.29, 0.717) is 17.0 Å². The highest BCUT2D eigenvalue weighted by molar-refractivity contribution is 8.01. The zero-order valence-electron chi connectivity index (χ0n) is 29.9. The number of carboxylic acids is 1. The highest BCUT2D eigenvalue weighted by Crippen LogP contribution is 2.45. The van der Waals surface area contributed by atoms with Gasteiger partial charge in [-0.1, -0.05) is 35.0 Å².